The van der Waals surface area contributed by atoms with Gasteiger partial charge in [0, 0.05) is 47.1 Å². The van der Waals surface area contributed by atoms with Crippen LogP contribution in [0.15, 0.2) is 60.2 Å². The predicted octanol–water partition coefficient (Wildman–Crippen LogP) is 5.01. The molecule has 194 valence electrons. The van der Waals surface area contributed by atoms with Crippen LogP contribution in [-0.4, -0.2) is 38.6 Å². The topological polar surface area (TPSA) is 134 Å². The van der Waals surface area contributed by atoms with Gasteiger partial charge in [-0.3, -0.25) is 9.59 Å². The van der Waals surface area contributed by atoms with Gasteiger partial charge in [-0.25, -0.2) is 0 Å². The number of ketones is 2. The molecule has 0 fully saturated rings. The van der Waals surface area contributed by atoms with Crippen LogP contribution in [0.1, 0.15) is 64.8 Å². The molecule has 8 nitrogen and oxygen atoms in total. The van der Waals surface area contributed by atoms with Crippen molar-refractivity contribution < 1.29 is 39.5 Å². The molecule has 1 aliphatic carbocycles. The molecule has 2 heterocycles. The number of rotatable bonds is 2. The van der Waals surface area contributed by atoms with E-state index < -0.39 is 17.9 Å². The zero-order valence-electron chi connectivity index (χ0n) is 20.5. The smallest absolute Gasteiger partial charge is 0.174 e. The van der Waals surface area contributed by atoms with Crippen molar-refractivity contribution >= 4 is 11.6 Å². The summed E-state index contributed by atoms with van der Waals surface area (Å²) in [6.07, 6.45) is 1.68. The van der Waals surface area contributed by atoms with E-state index in [1.54, 1.807) is 18.2 Å². The fraction of sp³-hybridized carbons (Fsp3) is 0.267. The maximum atomic E-state index is 13.4. The Morgan fingerprint density at radius 3 is 2.29 bits per heavy atom. The Morgan fingerprint density at radius 1 is 0.789 bits per heavy atom. The maximum Gasteiger partial charge on any atom is 0.174 e. The van der Waals surface area contributed by atoms with Gasteiger partial charge in [-0.1, -0.05) is 17.7 Å². The van der Waals surface area contributed by atoms with E-state index in [9.17, 15) is 30.0 Å². The molecule has 0 saturated carbocycles. The van der Waals surface area contributed by atoms with Crippen molar-refractivity contribution in [2.24, 2.45) is 5.92 Å². The van der Waals surface area contributed by atoms with E-state index in [4.69, 9.17) is 9.47 Å². The normalized spacial score (nSPS) is 24.2. The number of carbonyl (C=O) groups is 2. The van der Waals surface area contributed by atoms with Crippen molar-refractivity contribution in [3.8, 4) is 34.5 Å². The number of hydrogen-bond donors (Lipinski definition) is 4. The Labute approximate surface area is 218 Å². The van der Waals surface area contributed by atoms with E-state index >= 15 is 0 Å². The van der Waals surface area contributed by atoms with E-state index in [1.165, 1.54) is 30.3 Å². The second-order valence-electron chi connectivity index (χ2n) is 10.2. The van der Waals surface area contributed by atoms with Gasteiger partial charge >= 0.3 is 0 Å². The molecule has 4 N–H and O–H groups in total. The summed E-state index contributed by atoms with van der Waals surface area (Å²) in [5.41, 5.74) is 2.91. The number of ether oxygens (including phenoxy) is 2. The van der Waals surface area contributed by atoms with E-state index in [1.807, 2.05) is 13.0 Å². The molecule has 3 aromatic carbocycles. The van der Waals surface area contributed by atoms with Gasteiger partial charge in [-0.15, -0.1) is 0 Å². The maximum absolute atomic E-state index is 13.4. The van der Waals surface area contributed by atoms with Crippen molar-refractivity contribution in [1.82, 2.24) is 0 Å². The van der Waals surface area contributed by atoms with E-state index in [0.717, 1.165) is 11.1 Å². The number of benzene rings is 3. The molecule has 38 heavy (non-hydrogen) atoms. The second-order valence-corrected chi connectivity index (χ2v) is 10.2. The predicted molar refractivity (Wildman–Crippen MR) is 136 cm³/mol. The van der Waals surface area contributed by atoms with Crippen LogP contribution in [0.25, 0.3) is 0 Å². The van der Waals surface area contributed by atoms with Crippen LogP contribution in [0.2, 0.25) is 0 Å². The zero-order valence-corrected chi connectivity index (χ0v) is 20.5. The van der Waals surface area contributed by atoms with Gasteiger partial charge in [0.15, 0.2) is 11.6 Å². The van der Waals surface area contributed by atoms with Gasteiger partial charge in [-0.05, 0) is 43.2 Å². The quantitative estimate of drug-likeness (QED) is 0.351. The third-order valence-electron chi connectivity index (χ3n) is 7.75. The summed E-state index contributed by atoms with van der Waals surface area (Å²) >= 11 is 0. The van der Waals surface area contributed by atoms with Gasteiger partial charge in [0.2, 0.25) is 0 Å². The summed E-state index contributed by atoms with van der Waals surface area (Å²) in [6, 6.07) is 11.9. The SMILES string of the molecule is CC1=CC(c2cc(C3CC(=O)c4ccc(O)cc4O3)c(O)cc2O)C2C(=O)COc3cc(O)ccc3C2C1. The second kappa shape index (κ2) is 8.83. The summed E-state index contributed by atoms with van der Waals surface area (Å²) in [5, 5.41) is 41.6. The Morgan fingerprint density at radius 2 is 1.50 bits per heavy atom. The fourth-order valence-electron chi connectivity index (χ4n) is 6.04. The van der Waals surface area contributed by atoms with Gasteiger partial charge < -0.3 is 29.9 Å². The minimum Gasteiger partial charge on any atom is -0.508 e. The molecule has 0 radical (unpaired) electrons. The number of phenolic OH excluding ortho intramolecular Hbond substituents is 4. The third-order valence-corrected chi connectivity index (χ3v) is 7.75. The molecule has 0 aromatic heterocycles. The first-order valence-electron chi connectivity index (χ1n) is 12.4. The van der Waals surface area contributed by atoms with Crippen molar-refractivity contribution in [2.45, 2.75) is 37.7 Å². The number of fused-ring (bicyclic) bond motifs is 4. The standard InChI is InChI=1S/C30H26O8/c1-14-6-20-17-4-2-15(31)8-27(17)37-13-26(36)30(20)21(7-14)19-10-22(24(34)11-23(19)33)29-12-25(35)18-5-3-16(32)9-28(18)38-29/h2-5,7-11,20-21,29-34H,6,12-13H2,1H3. The number of aromatic hydroxyl groups is 4. The lowest BCUT2D eigenvalue weighted by atomic mass is 9.66. The van der Waals surface area contributed by atoms with Gasteiger partial charge in [0.25, 0.3) is 0 Å². The average Bonchev–Trinajstić information content (AvgIpc) is 2.99. The summed E-state index contributed by atoms with van der Waals surface area (Å²) in [4.78, 5) is 26.2. The summed E-state index contributed by atoms with van der Waals surface area (Å²) in [5.74, 6) is -1.40. The molecule has 4 atom stereocenters. The molecule has 0 saturated heterocycles. The monoisotopic (exact) mass is 514 g/mol. The fourth-order valence-corrected chi connectivity index (χ4v) is 6.04. The first-order valence-corrected chi connectivity index (χ1v) is 12.4. The Hall–Kier alpha value is -4.46. The molecular formula is C30H26O8. The molecule has 0 spiro atoms. The highest BCUT2D eigenvalue weighted by Crippen LogP contribution is 2.52. The molecule has 4 unspecified atom stereocenters. The van der Waals surface area contributed by atoms with Crippen molar-refractivity contribution in [3.05, 3.63) is 82.4 Å². The number of phenols is 4. The van der Waals surface area contributed by atoms with Gasteiger partial charge in [0.05, 0.1) is 12.0 Å². The third kappa shape index (κ3) is 3.93. The van der Waals surface area contributed by atoms with Crippen LogP contribution < -0.4 is 9.47 Å². The highest BCUT2D eigenvalue weighted by atomic mass is 16.5. The van der Waals surface area contributed by atoms with E-state index in [0.29, 0.717) is 28.9 Å². The Kier molecular flexibility index (Phi) is 5.56. The first kappa shape index (κ1) is 23.9. The Bertz CT molecular complexity index is 1520. The molecule has 3 aliphatic rings. The highest BCUT2D eigenvalue weighted by molar-refractivity contribution is 6.00. The zero-order chi connectivity index (χ0) is 26.7. The lowest BCUT2D eigenvalue weighted by molar-refractivity contribution is -0.125. The van der Waals surface area contributed by atoms with Crippen LogP contribution >= 0.6 is 0 Å². The lowest BCUT2D eigenvalue weighted by Gasteiger charge is -2.36. The number of carbonyl (C=O) groups excluding carboxylic acids is 2. The summed E-state index contributed by atoms with van der Waals surface area (Å²) < 4.78 is 11.8. The number of Topliss-reactive ketones (excluding diaryl/α,β-unsaturated/α-hetero) is 2. The summed E-state index contributed by atoms with van der Waals surface area (Å²) in [7, 11) is 0. The number of hydrogen-bond acceptors (Lipinski definition) is 8. The minimum absolute atomic E-state index is 0.0369. The highest BCUT2D eigenvalue weighted by Gasteiger charge is 2.43. The number of allylic oxidation sites excluding steroid dienone is 2. The van der Waals surface area contributed by atoms with Crippen LogP contribution in [0.4, 0.5) is 0 Å². The molecule has 3 aromatic rings. The van der Waals surface area contributed by atoms with Gasteiger partial charge in [-0.2, -0.15) is 0 Å². The lowest BCUT2D eigenvalue weighted by Crippen LogP contribution is -2.32. The summed E-state index contributed by atoms with van der Waals surface area (Å²) in [6.45, 7) is 1.79. The van der Waals surface area contributed by atoms with Crippen molar-refractivity contribution in [3.63, 3.8) is 0 Å². The van der Waals surface area contributed by atoms with Crippen LogP contribution in [0.5, 0.6) is 34.5 Å². The van der Waals surface area contributed by atoms with E-state index in [-0.39, 0.29) is 59.3 Å². The molecule has 0 amide bonds. The van der Waals surface area contributed by atoms with Gasteiger partial charge in [0.1, 0.15) is 47.2 Å². The largest absolute Gasteiger partial charge is 0.508 e. The van der Waals surface area contributed by atoms with E-state index in [2.05, 4.69) is 0 Å². The van der Waals surface area contributed by atoms with Crippen LogP contribution in [0, 0.1) is 5.92 Å². The average molecular weight is 515 g/mol. The molecule has 6 rings (SSSR count). The Balaban J connectivity index is 1.43. The van der Waals surface area contributed by atoms with Crippen LogP contribution in [-0.2, 0) is 4.79 Å². The van der Waals surface area contributed by atoms with Crippen LogP contribution in [0.3, 0.4) is 0 Å². The van der Waals surface area contributed by atoms with Crippen molar-refractivity contribution in [1.29, 1.82) is 0 Å². The minimum atomic E-state index is -0.850. The van der Waals surface area contributed by atoms with Crippen molar-refractivity contribution in [2.75, 3.05) is 6.61 Å². The molecule has 2 aliphatic heterocycles. The first-order chi connectivity index (χ1) is 18.2. The molecule has 0 bridgehead atoms. The molecule has 8 heteroatoms. The molecular weight excluding hydrogens is 488 g/mol.